The van der Waals surface area contributed by atoms with Crippen molar-refractivity contribution in [2.45, 2.75) is 44.1 Å². The average Bonchev–Trinajstić information content (AvgIpc) is 3.27. The first-order valence-electron chi connectivity index (χ1n) is 10.6. The summed E-state index contributed by atoms with van der Waals surface area (Å²) in [7, 11) is 0. The Kier molecular flexibility index (Phi) is 6.92. The highest BCUT2D eigenvalue weighted by Crippen LogP contribution is 2.34. The van der Waals surface area contributed by atoms with Crippen molar-refractivity contribution in [1.29, 1.82) is 0 Å². The van der Waals surface area contributed by atoms with E-state index in [-0.39, 0.29) is 24.0 Å². The zero-order valence-electron chi connectivity index (χ0n) is 18.0. The van der Waals surface area contributed by atoms with Crippen LogP contribution in [0.25, 0.3) is 0 Å². The summed E-state index contributed by atoms with van der Waals surface area (Å²) in [5.41, 5.74) is -1.44. The van der Waals surface area contributed by atoms with Crippen molar-refractivity contribution in [1.82, 2.24) is 14.8 Å². The Morgan fingerprint density at radius 2 is 1.91 bits per heavy atom. The van der Waals surface area contributed by atoms with Gasteiger partial charge in [0.05, 0.1) is 24.4 Å². The minimum Gasteiger partial charge on any atom is -0.380 e. The van der Waals surface area contributed by atoms with Crippen LogP contribution in [-0.2, 0) is 16.9 Å². The van der Waals surface area contributed by atoms with Gasteiger partial charge in [-0.25, -0.2) is 22.8 Å². The summed E-state index contributed by atoms with van der Waals surface area (Å²) in [5.74, 6) is -2.00. The molecule has 0 amide bonds. The van der Waals surface area contributed by atoms with Gasteiger partial charge in [-0.15, -0.1) is 0 Å². The predicted molar refractivity (Wildman–Crippen MR) is 117 cm³/mol. The Hall–Kier alpha value is -2.62. The van der Waals surface area contributed by atoms with Crippen LogP contribution in [-0.4, -0.2) is 45.2 Å². The lowest BCUT2D eigenvalue weighted by Crippen LogP contribution is -2.47. The molecular formula is C23H24ClF3N4O2. The second kappa shape index (κ2) is 9.70. The molecule has 0 saturated carbocycles. The van der Waals surface area contributed by atoms with Crippen molar-refractivity contribution in [2.24, 2.45) is 0 Å². The maximum Gasteiger partial charge on any atom is 0.147 e. The number of aromatic nitrogens is 3. The smallest absolute Gasteiger partial charge is 0.147 e. The van der Waals surface area contributed by atoms with Crippen LogP contribution in [0.4, 0.5) is 18.9 Å². The Morgan fingerprint density at radius 3 is 2.55 bits per heavy atom. The third kappa shape index (κ3) is 5.15. The predicted octanol–water partition coefficient (Wildman–Crippen LogP) is 4.31. The van der Waals surface area contributed by atoms with Gasteiger partial charge in [-0.1, -0.05) is 17.7 Å². The molecule has 1 aliphatic heterocycles. The molecule has 0 unspecified atom stereocenters. The fourth-order valence-corrected chi connectivity index (χ4v) is 4.37. The standard InChI is InChI=1S/C23H24ClF3N4O2/c1-15(33-18-6-8-30(9-7-18)22-5-2-16(24)10-21(22)27)23(32,12-31-14-28-13-29-31)19-4-3-17(25)11-20(19)26/h2-5,10-11,13-15,18,32H,6-9,12H2,1H3/t15-,23-/m1/s1. The van der Waals surface area contributed by atoms with Crippen molar-refractivity contribution in [3.05, 3.63) is 77.1 Å². The zero-order chi connectivity index (χ0) is 23.6. The molecule has 2 heterocycles. The molecule has 1 aliphatic rings. The van der Waals surface area contributed by atoms with Crippen LogP contribution < -0.4 is 4.90 Å². The normalized spacial score (nSPS) is 17.7. The van der Waals surface area contributed by atoms with Gasteiger partial charge >= 0.3 is 0 Å². The van der Waals surface area contributed by atoms with Gasteiger partial charge in [-0.05, 0) is 44.0 Å². The first kappa shape index (κ1) is 23.5. The Bertz CT molecular complexity index is 1090. The molecule has 1 fully saturated rings. The number of anilines is 1. The highest BCUT2D eigenvalue weighted by molar-refractivity contribution is 6.30. The molecule has 0 spiro atoms. The molecule has 4 rings (SSSR count). The number of aliphatic hydroxyl groups is 1. The van der Waals surface area contributed by atoms with Crippen LogP contribution in [0.5, 0.6) is 0 Å². The Morgan fingerprint density at radius 1 is 1.15 bits per heavy atom. The first-order chi connectivity index (χ1) is 15.8. The maximum absolute atomic E-state index is 14.7. The van der Waals surface area contributed by atoms with Crippen LogP contribution >= 0.6 is 11.6 Å². The van der Waals surface area contributed by atoms with E-state index >= 15 is 0 Å². The van der Waals surface area contributed by atoms with Crippen LogP contribution in [0.3, 0.4) is 0 Å². The summed E-state index contributed by atoms with van der Waals surface area (Å²) in [6, 6.07) is 7.61. The van der Waals surface area contributed by atoms with E-state index in [1.165, 1.54) is 29.5 Å². The van der Waals surface area contributed by atoms with Crippen molar-refractivity contribution < 1.29 is 23.0 Å². The van der Waals surface area contributed by atoms with Crippen molar-refractivity contribution in [3.63, 3.8) is 0 Å². The number of nitrogens with zero attached hydrogens (tertiary/aromatic N) is 4. The first-order valence-corrected chi connectivity index (χ1v) is 11.0. The highest BCUT2D eigenvalue weighted by atomic mass is 35.5. The van der Waals surface area contributed by atoms with Gasteiger partial charge in [0, 0.05) is 29.7 Å². The van der Waals surface area contributed by atoms with Crippen LogP contribution in [0.2, 0.25) is 5.02 Å². The number of ether oxygens (including phenoxy) is 1. The molecule has 6 nitrogen and oxygen atoms in total. The molecule has 1 aromatic heterocycles. The summed E-state index contributed by atoms with van der Waals surface area (Å²) in [5, 5.41) is 15.9. The summed E-state index contributed by atoms with van der Waals surface area (Å²) in [6.45, 7) is 2.60. The summed E-state index contributed by atoms with van der Waals surface area (Å²) < 4.78 is 50.0. The second-order valence-corrected chi connectivity index (χ2v) is 8.64. The summed E-state index contributed by atoms with van der Waals surface area (Å²) in [4.78, 5) is 5.78. The molecule has 0 aliphatic carbocycles. The molecule has 2 atom stereocenters. The molecule has 1 saturated heterocycles. The van der Waals surface area contributed by atoms with E-state index in [9.17, 15) is 18.3 Å². The van der Waals surface area contributed by atoms with Crippen LogP contribution in [0.15, 0.2) is 49.1 Å². The van der Waals surface area contributed by atoms with Crippen molar-refractivity contribution in [2.75, 3.05) is 18.0 Å². The van der Waals surface area contributed by atoms with Gasteiger partial charge in [0.15, 0.2) is 0 Å². The number of hydrogen-bond acceptors (Lipinski definition) is 5. The molecule has 33 heavy (non-hydrogen) atoms. The number of benzene rings is 2. The van der Waals surface area contributed by atoms with Crippen molar-refractivity contribution >= 4 is 17.3 Å². The van der Waals surface area contributed by atoms with Gasteiger partial charge in [0.1, 0.15) is 35.7 Å². The van der Waals surface area contributed by atoms with E-state index in [1.807, 2.05) is 4.90 Å². The monoisotopic (exact) mass is 480 g/mol. The summed E-state index contributed by atoms with van der Waals surface area (Å²) >= 11 is 5.84. The molecule has 2 aromatic carbocycles. The van der Waals surface area contributed by atoms with Gasteiger partial charge < -0.3 is 14.7 Å². The minimum absolute atomic E-state index is 0.0902. The Labute approximate surface area is 194 Å². The summed E-state index contributed by atoms with van der Waals surface area (Å²) in [6.07, 6.45) is 2.77. The lowest BCUT2D eigenvalue weighted by atomic mass is 9.87. The fraction of sp³-hybridized carbons (Fsp3) is 0.391. The third-order valence-electron chi connectivity index (χ3n) is 6.03. The van der Waals surface area contributed by atoms with E-state index in [2.05, 4.69) is 10.1 Å². The maximum atomic E-state index is 14.7. The fourth-order valence-electron chi connectivity index (χ4n) is 4.21. The highest BCUT2D eigenvalue weighted by Gasteiger charge is 2.41. The molecule has 0 bridgehead atoms. The van der Waals surface area contributed by atoms with E-state index in [1.54, 1.807) is 19.1 Å². The van der Waals surface area contributed by atoms with E-state index in [4.69, 9.17) is 16.3 Å². The minimum atomic E-state index is -1.83. The van der Waals surface area contributed by atoms with Crippen LogP contribution in [0.1, 0.15) is 25.3 Å². The van der Waals surface area contributed by atoms with Gasteiger partial charge in [0.25, 0.3) is 0 Å². The molecular weight excluding hydrogens is 457 g/mol. The van der Waals surface area contributed by atoms with E-state index < -0.39 is 23.3 Å². The lowest BCUT2D eigenvalue weighted by molar-refractivity contribution is -0.145. The van der Waals surface area contributed by atoms with E-state index in [0.717, 1.165) is 12.1 Å². The average molecular weight is 481 g/mol. The Balaban J connectivity index is 1.49. The number of piperidine rings is 1. The van der Waals surface area contributed by atoms with Gasteiger partial charge in [-0.3, -0.25) is 0 Å². The lowest BCUT2D eigenvalue weighted by Gasteiger charge is -2.39. The number of hydrogen-bond donors (Lipinski definition) is 1. The molecule has 176 valence electrons. The molecule has 0 radical (unpaired) electrons. The molecule has 1 N–H and O–H groups in total. The molecule has 3 aromatic rings. The number of halogens is 4. The van der Waals surface area contributed by atoms with Gasteiger partial charge in [0.2, 0.25) is 0 Å². The van der Waals surface area contributed by atoms with Crippen molar-refractivity contribution in [3.8, 4) is 0 Å². The zero-order valence-corrected chi connectivity index (χ0v) is 18.7. The second-order valence-electron chi connectivity index (χ2n) is 8.20. The molecule has 10 heteroatoms. The van der Waals surface area contributed by atoms with Gasteiger partial charge in [-0.2, -0.15) is 5.10 Å². The van der Waals surface area contributed by atoms with Crippen LogP contribution in [0, 0.1) is 17.5 Å². The number of rotatable bonds is 7. The third-order valence-corrected chi connectivity index (χ3v) is 6.26. The van der Waals surface area contributed by atoms with E-state index in [0.29, 0.717) is 36.6 Å². The SMILES string of the molecule is C[C@@H](OC1CCN(c2ccc(Cl)cc2F)CC1)[C@](O)(Cn1cncn1)c1ccc(F)cc1F. The quantitative estimate of drug-likeness (QED) is 0.546. The topological polar surface area (TPSA) is 63.4 Å². The largest absolute Gasteiger partial charge is 0.380 e.